The molecule has 0 bridgehead atoms. The van der Waals surface area contributed by atoms with Crippen molar-refractivity contribution in [3.8, 4) is 5.75 Å². The van der Waals surface area contributed by atoms with Crippen molar-refractivity contribution in [2.75, 3.05) is 13.1 Å². The van der Waals surface area contributed by atoms with Gasteiger partial charge in [-0.15, -0.1) is 0 Å². The summed E-state index contributed by atoms with van der Waals surface area (Å²) in [5, 5.41) is 4.66. The Labute approximate surface area is 119 Å². The normalized spacial score (nSPS) is 16.9. The van der Waals surface area contributed by atoms with E-state index >= 15 is 0 Å². The lowest BCUT2D eigenvalue weighted by atomic mass is 10.2. The summed E-state index contributed by atoms with van der Waals surface area (Å²) in [5.74, 6) is 1.38. The SMILES string of the molecule is CC(C)CNCC1(Oc2ccc(Cl)cc2Cl)CC1. The van der Waals surface area contributed by atoms with Gasteiger partial charge in [-0.1, -0.05) is 37.0 Å². The van der Waals surface area contributed by atoms with Gasteiger partial charge in [0.1, 0.15) is 11.4 Å². The summed E-state index contributed by atoms with van der Waals surface area (Å²) in [7, 11) is 0. The molecule has 1 aromatic rings. The van der Waals surface area contributed by atoms with Crippen LogP contribution < -0.4 is 10.1 Å². The van der Waals surface area contributed by atoms with Crippen LogP contribution in [0.5, 0.6) is 5.75 Å². The summed E-state index contributed by atoms with van der Waals surface area (Å²) in [6, 6.07) is 5.36. The Hall–Kier alpha value is -0.440. The van der Waals surface area contributed by atoms with Crippen LogP contribution in [-0.2, 0) is 0 Å². The van der Waals surface area contributed by atoms with Crippen LogP contribution in [-0.4, -0.2) is 18.7 Å². The van der Waals surface area contributed by atoms with E-state index in [4.69, 9.17) is 27.9 Å². The molecule has 1 aromatic carbocycles. The molecule has 1 saturated carbocycles. The van der Waals surface area contributed by atoms with Crippen LogP contribution in [0.2, 0.25) is 10.0 Å². The van der Waals surface area contributed by atoms with Crippen LogP contribution in [0, 0.1) is 5.92 Å². The Morgan fingerprint density at radius 1 is 1.33 bits per heavy atom. The predicted octanol–water partition coefficient (Wildman–Crippen LogP) is 4.15. The first-order chi connectivity index (χ1) is 8.51. The summed E-state index contributed by atoms with van der Waals surface area (Å²) >= 11 is 12.0. The summed E-state index contributed by atoms with van der Waals surface area (Å²) in [4.78, 5) is 0. The van der Waals surface area contributed by atoms with Crippen molar-refractivity contribution in [3.63, 3.8) is 0 Å². The van der Waals surface area contributed by atoms with E-state index in [2.05, 4.69) is 19.2 Å². The molecule has 1 aliphatic rings. The van der Waals surface area contributed by atoms with Gasteiger partial charge in [-0.05, 0) is 43.5 Å². The van der Waals surface area contributed by atoms with Gasteiger partial charge in [-0.3, -0.25) is 0 Å². The van der Waals surface area contributed by atoms with Gasteiger partial charge < -0.3 is 10.1 Å². The highest BCUT2D eigenvalue weighted by Crippen LogP contribution is 2.42. The number of nitrogens with one attached hydrogen (secondary N) is 1. The van der Waals surface area contributed by atoms with E-state index in [0.717, 1.165) is 31.7 Å². The number of benzene rings is 1. The van der Waals surface area contributed by atoms with E-state index < -0.39 is 0 Å². The molecule has 4 heteroatoms. The highest BCUT2D eigenvalue weighted by atomic mass is 35.5. The number of rotatable bonds is 6. The van der Waals surface area contributed by atoms with Crippen LogP contribution >= 0.6 is 23.2 Å². The molecule has 0 heterocycles. The lowest BCUT2D eigenvalue weighted by Crippen LogP contribution is -2.35. The minimum atomic E-state index is -0.0631. The number of hydrogen-bond donors (Lipinski definition) is 1. The molecule has 1 fully saturated rings. The Morgan fingerprint density at radius 3 is 2.61 bits per heavy atom. The van der Waals surface area contributed by atoms with Gasteiger partial charge in [0, 0.05) is 11.6 Å². The van der Waals surface area contributed by atoms with E-state index in [-0.39, 0.29) is 5.60 Å². The highest BCUT2D eigenvalue weighted by Gasteiger charge is 2.45. The smallest absolute Gasteiger partial charge is 0.138 e. The molecule has 18 heavy (non-hydrogen) atoms. The third-order valence-electron chi connectivity index (χ3n) is 3.03. The molecule has 100 valence electrons. The second kappa shape index (κ2) is 5.68. The van der Waals surface area contributed by atoms with E-state index in [1.54, 1.807) is 12.1 Å². The molecule has 0 saturated heterocycles. The van der Waals surface area contributed by atoms with Crippen molar-refractivity contribution in [1.82, 2.24) is 5.32 Å². The molecular formula is C14H19Cl2NO. The zero-order valence-electron chi connectivity index (χ0n) is 10.8. The van der Waals surface area contributed by atoms with Gasteiger partial charge in [0.15, 0.2) is 0 Å². The average Bonchev–Trinajstić information content (AvgIpc) is 3.02. The molecule has 1 N–H and O–H groups in total. The molecule has 2 rings (SSSR count). The molecule has 0 spiro atoms. The summed E-state index contributed by atoms with van der Waals surface area (Å²) in [6.45, 7) is 6.29. The maximum absolute atomic E-state index is 6.12. The maximum Gasteiger partial charge on any atom is 0.138 e. The van der Waals surface area contributed by atoms with Crippen molar-refractivity contribution in [1.29, 1.82) is 0 Å². The van der Waals surface area contributed by atoms with Crippen LogP contribution in [0.1, 0.15) is 26.7 Å². The molecule has 0 atom stereocenters. The first kappa shape index (κ1) is 14.0. The molecular weight excluding hydrogens is 269 g/mol. The van der Waals surface area contributed by atoms with E-state index in [0.29, 0.717) is 16.0 Å². The fourth-order valence-electron chi connectivity index (χ4n) is 1.83. The fourth-order valence-corrected chi connectivity index (χ4v) is 2.28. The summed E-state index contributed by atoms with van der Waals surface area (Å²) in [6.07, 6.45) is 2.16. The number of hydrogen-bond acceptors (Lipinski definition) is 2. The molecule has 0 amide bonds. The quantitative estimate of drug-likeness (QED) is 0.849. The zero-order chi connectivity index (χ0) is 13.2. The van der Waals surface area contributed by atoms with Gasteiger partial charge in [0.25, 0.3) is 0 Å². The molecule has 0 radical (unpaired) electrons. The van der Waals surface area contributed by atoms with Gasteiger partial charge in [-0.25, -0.2) is 0 Å². The lowest BCUT2D eigenvalue weighted by molar-refractivity contribution is 0.174. The Balaban J connectivity index is 1.92. The largest absolute Gasteiger partial charge is 0.484 e. The van der Waals surface area contributed by atoms with Gasteiger partial charge in [0.05, 0.1) is 5.02 Å². The Morgan fingerprint density at radius 2 is 2.06 bits per heavy atom. The van der Waals surface area contributed by atoms with Crippen molar-refractivity contribution in [3.05, 3.63) is 28.2 Å². The third kappa shape index (κ3) is 3.78. The van der Waals surface area contributed by atoms with E-state index in [1.165, 1.54) is 0 Å². The first-order valence-corrected chi connectivity index (χ1v) is 7.11. The standard InChI is InChI=1S/C14H19Cl2NO/c1-10(2)8-17-9-14(5-6-14)18-13-4-3-11(15)7-12(13)16/h3-4,7,10,17H,5-6,8-9H2,1-2H3. The maximum atomic E-state index is 6.12. The van der Waals surface area contributed by atoms with E-state index in [1.807, 2.05) is 6.07 Å². The van der Waals surface area contributed by atoms with Gasteiger partial charge in [-0.2, -0.15) is 0 Å². The molecule has 0 aromatic heterocycles. The van der Waals surface area contributed by atoms with Crippen LogP contribution in [0.4, 0.5) is 0 Å². The second-order valence-corrected chi connectivity index (χ2v) is 6.23. The van der Waals surface area contributed by atoms with Crippen molar-refractivity contribution in [2.24, 2.45) is 5.92 Å². The molecule has 0 unspecified atom stereocenters. The molecule has 2 nitrogen and oxygen atoms in total. The van der Waals surface area contributed by atoms with Crippen molar-refractivity contribution < 1.29 is 4.74 Å². The van der Waals surface area contributed by atoms with Crippen LogP contribution in [0.3, 0.4) is 0 Å². The summed E-state index contributed by atoms with van der Waals surface area (Å²) in [5.41, 5.74) is -0.0631. The van der Waals surface area contributed by atoms with E-state index in [9.17, 15) is 0 Å². The van der Waals surface area contributed by atoms with Crippen molar-refractivity contribution in [2.45, 2.75) is 32.3 Å². The van der Waals surface area contributed by atoms with Gasteiger partial charge in [0.2, 0.25) is 0 Å². The fraction of sp³-hybridized carbons (Fsp3) is 0.571. The lowest BCUT2D eigenvalue weighted by Gasteiger charge is -2.20. The molecule has 1 aliphatic carbocycles. The zero-order valence-corrected chi connectivity index (χ0v) is 12.3. The molecule has 0 aliphatic heterocycles. The summed E-state index contributed by atoms with van der Waals surface area (Å²) < 4.78 is 6.03. The number of halogens is 2. The highest BCUT2D eigenvalue weighted by molar-refractivity contribution is 6.35. The van der Waals surface area contributed by atoms with Crippen LogP contribution in [0.25, 0.3) is 0 Å². The minimum absolute atomic E-state index is 0.0631. The minimum Gasteiger partial charge on any atom is -0.484 e. The van der Waals surface area contributed by atoms with Gasteiger partial charge >= 0.3 is 0 Å². The number of ether oxygens (including phenoxy) is 1. The Bertz CT molecular complexity index is 416. The van der Waals surface area contributed by atoms with Crippen LogP contribution in [0.15, 0.2) is 18.2 Å². The third-order valence-corrected chi connectivity index (χ3v) is 3.56. The average molecular weight is 288 g/mol. The van der Waals surface area contributed by atoms with Crippen molar-refractivity contribution >= 4 is 23.2 Å². The monoisotopic (exact) mass is 287 g/mol. The first-order valence-electron chi connectivity index (χ1n) is 6.35. The predicted molar refractivity (Wildman–Crippen MR) is 76.8 cm³/mol. The topological polar surface area (TPSA) is 21.3 Å². The Kier molecular flexibility index (Phi) is 4.41. The second-order valence-electron chi connectivity index (χ2n) is 5.38.